The zero-order valence-electron chi connectivity index (χ0n) is 18.8. The number of para-hydroxylation sites is 1. The summed E-state index contributed by atoms with van der Waals surface area (Å²) < 4.78 is 3.58. The van der Waals surface area contributed by atoms with Gasteiger partial charge in [0.15, 0.2) is 5.65 Å². The highest BCUT2D eigenvalue weighted by molar-refractivity contribution is 5.95. The molecule has 0 atom stereocenters. The maximum atomic E-state index is 13.7. The fourth-order valence-corrected chi connectivity index (χ4v) is 4.33. The minimum atomic E-state index is -0.0473. The van der Waals surface area contributed by atoms with Gasteiger partial charge in [-0.1, -0.05) is 43.0 Å². The SMILES string of the molecule is C=C(C)c1nn(Cc2cc3cccc(C)c3c(=O)n2-c2ccccc2)c2ncnc(NC)c12. The molecule has 33 heavy (non-hydrogen) atoms. The van der Waals surface area contributed by atoms with Gasteiger partial charge in [0.2, 0.25) is 0 Å². The van der Waals surface area contributed by atoms with E-state index in [9.17, 15) is 4.79 Å². The van der Waals surface area contributed by atoms with Gasteiger partial charge in [-0.3, -0.25) is 9.36 Å². The molecule has 1 N–H and O–H groups in total. The van der Waals surface area contributed by atoms with Gasteiger partial charge in [0, 0.05) is 18.4 Å². The molecule has 164 valence electrons. The van der Waals surface area contributed by atoms with E-state index in [0.29, 0.717) is 18.0 Å². The minimum absolute atomic E-state index is 0.0473. The van der Waals surface area contributed by atoms with Gasteiger partial charge in [-0.2, -0.15) is 5.10 Å². The average molecular weight is 437 g/mol. The van der Waals surface area contributed by atoms with Crippen LogP contribution in [0.5, 0.6) is 0 Å². The molecule has 2 aromatic carbocycles. The molecule has 3 heterocycles. The molecule has 7 heteroatoms. The highest BCUT2D eigenvalue weighted by Crippen LogP contribution is 2.28. The van der Waals surface area contributed by atoms with E-state index in [1.54, 1.807) is 4.57 Å². The fraction of sp³-hybridized carbons (Fsp3) is 0.154. The number of anilines is 1. The molecule has 0 aliphatic rings. The topological polar surface area (TPSA) is 77.6 Å². The van der Waals surface area contributed by atoms with E-state index in [1.807, 2.05) is 74.1 Å². The molecule has 0 fully saturated rings. The van der Waals surface area contributed by atoms with Crippen molar-refractivity contribution in [2.45, 2.75) is 20.4 Å². The number of allylic oxidation sites excluding steroid dienone is 1. The number of aryl methyl sites for hydroxylation is 1. The van der Waals surface area contributed by atoms with Crippen LogP contribution in [0.25, 0.3) is 33.1 Å². The van der Waals surface area contributed by atoms with Gasteiger partial charge in [0.25, 0.3) is 5.56 Å². The number of fused-ring (bicyclic) bond motifs is 2. The molecular formula is C26H24N6O. The Bertz CT molecular complexity index is 1580. The molecule has 0 saturated heterocycles. The van der Waals surface area contributed by atoms with E-state index < -0.39 is 0 Å². The first kappa shape index (κ1) is 20.6. The van der Waals surface area contributed by atoms with Crippen molar-refractivity contribution >= 4 is 33.2 Å². The fourth-order valence-electron chi connectivity index (χ4n) is 4.33. The first-order chi connectivity index (χ1) is 16.0. The molecule has 0 bridgehead atoms. The summed E-state index contributed by atoms with van der Waals surface area (Å²) in [4.78, 5) is 22.6. The summed E-state index contributed by atoms with van der Waals surface area (Å²) in [6.07, 6.45) is 1.52. The summed E-state index contributed by atoms with van der Waals surface area (Å²) in [7, 11) is 1.82. The lowest BCUT2D eigenvalue weighted by Gasteiger charge is -2.16. The van der Waals surface area contributed by atoms with Gasteiger partial charge in [-0.15, -0.1) is 0 Å². The van der Waals surface area contributed by atoms with Crippen LogP contribution in [0.3, 0.4) is 0 Å². The lowest BCUT2D eigenvalue weighted by Crippen LogP contribution is -2.24. The summed E-state index contributed by atoms with van der Waals surface area (Å²) in [6, 6.07) is 17.7. The summed E-state index contributed by atoms with van der Waals surface area (Å²) >= 11 is 0. The molecule has 7 nitrogen and oxygen atoms in total. The van der Waals surface area contributed by atoms with Gasteiger partial charge < -0.3 is 5.32 Å². The maximum Gasteiger partial charge on any atom is 0.263 e. The number of benzene rings is 2. The van der Waals surface area contributed by atoms with Crippen molar-refractivity contribution in [1.29, 1.82) is 0 Å². The zero-order valence-corrected chi connectivity index (χ0v) is 18.8. The van der Waals surface area contributed by atoms with Crippen molar-refractivity contribution in [2.75, 3.05) is 12.4 Å². The number of aromatic nitrogens is 5. The van der Waals surface area contributed by atoms with E-state index >= 15 is 0 Å². The van der Waals surface area contributed by atoms with E-state index in [4.69, 9.17) is 5.10 Å². The summed E-state index contributed by atoms with van der Waals surface area (Å²) in [5.74, 6) is 0.693. The smallest absolute Gasteiger partial charge is 0.263 e. The predicted octanol–water partition coefficient (Wildman–Crippen LogP) is 4.56. The molecule has 0 aliphatic carbocycles. The molecule has 0 aliphatic heterocycles. The van der Waals surface area contributed by atoms with Crippen LogP contribution in [0.2, 0.25) is 0 Å². The molecular weight excluding hydrogens is 412 g/mol. The quantitative estimate of drug-likeness (QED) is 0.437. The van der Waals surface area contributed by atoms with Crippen LogP contribution in [0.1, 0.15) is 23.9 Å². The second-order valence-electron chi connectivity index (χ2n) is 8.11. The van der Waals surface area contributed by atoms with Crippen molar-refractivity contribution in [3.8, 4) is 5.69 Å². The van der Waals surface area contributed by atoms with E-state index in [1.165, 1.54) is 6.33 Å². The number of rotatable bonds is 5. The lowest BCUT2D eigenvalue weighted by molar-refractivity contribution is 0.667. The van der Waals surface area contributed by atoms with Crippen molar-refractivity contribution in [1.82, 2.24) is 24.3 Å². The monoisotopic (exact) mass is 436 g/mol. The van der Waals surface area contributed by atoms with Crippen molar-refractivity contribution in [2.24, 2.45) is 0 Å². The Morgan fingerprint density at radius 2 is 1.85 bits per heavy atom. The third kappa shape index (κ3) is 3.38. The number of hydrogen-bond donors (Lipinski definition) is 1. The molecule has 5 rings (SSSR count). The highest BCUT2D eigenvalue weighted by Gasteiger charge is 2.19. The van der Waals surface area contributed by atoms with Crippen LogP contribution in [0.4, 0.5) is 5.82 Å². The zero-order chi connectivity index (χ0) is 23.1. The number of nitrogens with zero attached hydrogens (tertiary/aromatic N) is 5. The number of hydrogen-bond acceptors (Lipinski definition) is 5. The Hall–Kier alpha value is -4.26. The standard InChI is InChI=1S/C26H24N6O/c1-16(2)23-22-24(27-4)28-15-29-25(22)31(30-23)14-20-13-18-10-8-9-17(3)21(18)26(33)32(20)19-11-6-5-7-12-19/h5-13,15H,1,14H2,2-4H3,(H,27,28,29). The Morgan fingerprint density at radius 3 is 2.58 bits per heavy atom. The van der Waals surface area contributed by atoms with Crippen LogP contribution < -0.4 is 10.9 Å². The molecule has 0 amide bonds. The lowest BCUT2D eigenvalue weighted by atomic mass is 10.1. The summed E-state index contributed by atoms with van der Waals surface area (Å²) in [5.41, 5.74) is 4.77. The first-order valence-corrected chi connectivity index (χ1v) is 10.7. The second-order valence-corrected chi connectivity index (χ2v) is 8.11. The van der Waals surface area contributed by atoms with E-state index in [2.05, 4.69) is 27.9 Å². The van der Waals surface area contributed by atoms with Gasteiger partial charge >= 0.3 is 0 Å². The van der Waals surface area contributed by atoms with Gasteiger partial charge in [-0.05, 0) is 48.6 Å². The molecule has 5 aromatic rings. The third-order valence-electron chi connectivity index (χ3n) is 5.83. The second kappa shape index (κ2) is 8.02. The van der Waals surface area contributed by atoms with E-state index in [0.717, 1.165) is 44.4 Å². The van der Waals surface area contributed by atoms with Crippen LogP contribution in [-0.4, -0.2) is 31.4 Å². The highest BCUT2D eigenvalue weighted by atomic mass is 16.1. The molecule has 0 radical (unpaired) electrons. The van der Waals surface area contributed by atoms with Crippen LogP contribution >= 0.6 is 0 Å². The first-order valence-electron chi connectivity index (χ1n) is 10.7. The molecule has 0 unspecified atom stereocenters. The summed E-state index contributed by atoms with van der Waals surface area (Å²) in [6.45, 7) is 8.33. The van der Waals surface area contributed by atoms with Crippen molar-refractivity contribution in [3.05, 3.63) is 94.8 Å². The molecule has 0 saturated carbocycles. The normalized spacial score (nSPS) is 11.2. The third-order valence-corrected chi connectivity index (χ3v) is 5.83. The largest absolute Gasteiger partial charge is 0.372 e. The molecule has 0 spiro atoms. The van der Waals surface area contributed by atoms with Crippen molar-refractivity contribution < 1.29 is 0 Å². The van der Waals surface area contributed by atoms with Gasteiger partial charge in [0.05, 0.1) is 17.3 Å². The van der Waals surface area contributed by atoms with Crippen LogP contribution in [0, 0.1) is 6.92 Å². The Labute approximate surface area is 191 Å². The number of nitrogens with one attached hydrogen (secondary N) is 1. The van der Waals surface area contributed by atoms with E-state index in [-0.39, 0.29) is 5.56 Å². The molecule has 3 aromatic heterocycles. The average Bonchev–Trinajstić information content (AvgIpc) is 3.18. The van der Waals surface area contributed by atoms with Crippen molar-refractivity contribution in [3.63, 3.8) is 0 Å². The Balaban J connectivity index is 1.80. The predicted molar refractivity (Wildman–Crippen MR) is 133 cm³/mol. The Morgan fingerprint density at radius 1 is 1.06 bits per heavy atom. The summed E-state index contributed by atoms with van der Waals surface area (Å²) in [5, 5.41) is 10.4. The number of pyridine rings is 1. The maximum absolute atomic E-state index is 13.7. The van der Waals surface area contributed by atoms with Gasteiger partial charge in [-0.25, -0.2) is 14.6 Å². The van der Waals surface area contributed by atoms with Crippen LogP contribution in [-0.2, 0) is 6.54 Å². The van der Waals surface area contributed by atoms with Gasteiger partial charge in [0.1, 0.15) is 17.8 Å². The minimum Gasteiger partial charge on any atom is -0.372 e. The van der Waals surface area contributed by atoms with Crippen LogP contribution in [0.15, 0.2) is 72.3 Å². The Kier molecular flexibility index (Phi) is 5.01.